The third kappa shape index (κ3) is 2.70. The zero-order valence-electron chi connectivity index (χ0n) is 9.14. The molecule has 2 aromatic heterocycles. The normalized spacial score (nSPS) is 9.81. The quantitative estimate of drug-likeness (QED) is 0.818. The third-order valence-electron chi connectivity index (χ3n) is 2.26. The molecule has 2 heterocycles. The first-order valence-electron chi connectivity index (χ1n) is 5.15. The fourth-order valence-corrected chi connectivity index (χ4v) is 1.38. The molecule has 0 radical (unpaired) electrons. The highest BCUT2D eigenvalue weighted by molar-refractivity contribution is 5.51. The molecule has 0 aromatic carbocycles. The number of aromatic nitrogens is 2. The molecule has 2 aromatic rings. The van der Waals surface area contributed by atoms with Gasteiger partial charge in [-0.15, -0.1) is 0 Å². The molecule has 4 heteroatoms. The van der Waals surface area contributed by atoms with E-state index in [1.54, 1.807) is 18.6 Å². The molecule has 0 amide bonds. The molecule has 0 aliphatic heterocycles. The molecule has 2 rings (SSSR count). The van der Waals surface area contributed by atoms with Crippen LogP contribution in [0, 0.1) is 0 Å². The van der Waals surface area contributed by atoms with Crippen molar-refractivity contribution in [1.29, 1.82) is 0 Å². The second-order valence-corrected chi connectivity index (χ2v) is 3.39. The van der Waals surface area contributed by atoms with Crippen molar-refractivity contribution in [3.8, 4) is 0 Å². The second-order valence-electron chi connectivity index (χ2n) is 3.39. The zero-order chi connectivity index (χ0) is 11.2. The van der Waals surface area contributed by atoms with E-state index in [0.717, 1.165) is 18.1 Å². The van der Waals surface area contributed by atoms with Crippen LogP contribution < -0.4 is 10.6 Å². The summed E-state index contributed by atoms with van der Waals surface area (Å²) in [6.45, 7) is 0.787. The van der Waals surface area contributed by atoms with Gasteiger partial charge in [0.15, 0.2) is 0 Å². The Hall–Kier alpha value is -2.10. The van der Waals surface area contributed by atoms with Gasteiger partial charge in [0.1, 0.15) is 5.82 Å². The van der Waals surface area contributed by atoms with Gasteiger partial charge in [-0.25, -0.2) is 4.98 Å². The smallest absolute Gasteiger partial charge is 0.127 e. The van der Waals surface area contributed by atoms with Gasteiger partial charge in [-0.05, 0) is 23.8 Å². The molecular weight excluding hydrogens is 200 g/mol. The van der Waals surface area contributed by atoms with Crippen molar-refractivity contribution in [2.45, 2.75) is 6.54 Å². The Morgan fingerprint density at radius 1 is 1.12 bits per heavy atom. The average Bonchev–Trinajstić information content (AvgIpc) is 2.38. The predicted octanol–water partition coefficient (Wildman–Crippen LogP) is 2.13. The molecule has 0 aliphatic rings. The summed E-state index contributed by atoms with van der Waals surface area (Å²) in [5, 5.41) is 6.33. The lowest BCUT2D eigenvalue weighted by molar-refractivity contribution is 1.12. The zero-order valence-corrected chi connectivity index (χ0v) is 9.14. The Morgan fingerprint density at radius 2 is 1.94 bits per heavy atom. The number of nitrogens with zero attached hydrogens (tertiary/aromatic N) is 2. The van der Waals surface area contributed by atoms with E-state index in [9.17, 15) is 0 Å². The topological polar surface area (TPSA) is 49.8 Å². The average molecular weight is 214 g/mol. The standard InChI is InChI=1S/C12H14N4/c1-13-12-8-11(4-7-15-12)16-9-10-2-5-14-6-3-10/h2-8H,9H2,1H3,(H2,13,15,16). The minimum Gasteiger partial charge on any atom is -0.381 e. The maximum Gasteiger partial charge on any atom is 0.127 e. The van der Waals surface area contributed by atoms with Crippen molar-refractivity contribution >= 4 is 11.5 Å². The molecule has 4 nitrogen and oxygen atoms in total. The van der Waals surface area contributed by atoms with E-state index < -0.39 is 0 Å². The third-order valence-corrected chi connectivity index (χ3v) is 2.26. The van der Waals surface area contributed by atoms with E-state index in [0.29, 0.717) is 0 Å². The number of pyridine rings is 2. The van der Waals surface area contributed by atoms with Gasteiger partial charge in [0.25, 0.3) is 0 Å². The van der Waals surface area contributed by atoms with Crippen molar-refractivity contribution in [2.24, 2.45) is 0 Å². The van der Waals surface area contributed by atoms with Crippen LogP contribution in [0.15, 0.2) is 42.9 Å². The number of anilines is 2. The van der Waals surface area contributed by atoms with Crippen LogP contribution in [0.25, 0.3) is 0 Å². The maximum atomic E-state index is 4.15. The van der Waals surface area contributed by atoms with E-state index in [1.807, 2.05) is 31.3 Å². The van der Waals surface area contributed by atoms with Gasteiger partial charge in [0.05, 0.1) is 0 Å². The minimum absolute atomic E-state index is 0.787. The van der Waals surface area contributed by atoms with E-state index in [4.69, 9.17) is 0 Å². The summed E-state index contributed by atoms with van der Waals surface area (Å²) in [6, 6.07) is 7.91. The van der Waals surface area contributed by atoms with Crippen molar-refractivity contribution in [2.75, 3.05) is 17.7 Å². The molecule has 82 valence electrons. The monoisotopic (exact) mass is 214 g/mol. The Morgan fingerprint density at radius 3 is 2.69 bits per heavy atom. The summed E-state index contributed by atoms with van der Waals surface area (Å²) >= 11 is 0. The molecule has 0 saturated carbocycles. The lowest BCUT2D eigenvalue weighted by Crippen LogP contribution is -2.00. The van der Waals surface area contributed by atoms with Gasteiger partial charge in [0, 0.05) is 43.9 Å². The van der Waals surface area contributed by atoms with Crippen molar-refractivity contribution in [3.63, 3.8) is 0 Å². The molecule has 2 N–H and O–H groups in total. The van der Waals surface area contributed by atoms with Crippen LogP contribution >= 0.6 is 0 Å². The fraction of sp³-hybridized carbons (Fsp3) is 0.167. The Bertz CT molecular complexity index is 442. The fourth-order valence-electron chi connectivity index (χ4n) is 1.38. The Balaban J connectivity index is 1.99. The number of rotatable bonds is 4. The van der Waals surface area contributed by atoms with Crippen LogP contribution in [0.4, 0.5) is 11.5 Å². The number of hydrogen-bond acceptors (Lipinski definition) is 4. The minimum atomic E-state index is 0.787. The lowest BCUT2D eigenvalue weighted by atomic mass is 10.2. The molecule has 0 bridgehead atoms. The molecule has 0 saturated heterocycles. The summed E-state index contributed by atoms with van der Waals surface area (Å²) in [6.07, 6.45) is 5.37. The number of nitrogens with one attached hydrogen (secondary N) is 2. The summed E-state index contributed by atoms with van der Waals surface area (Å²) < 4.78 is 0. The molecule has 0 spiro atoms. The molecular formula is C12H14N4. The molecule has 16 heavy (non-hydrogen) atoms. The van der Waals surface area contributed by atoms with Gasteiger partial charge in [-0.2, -0.15) is 0 Å². The molecule has 0 atom stereocenters. The van der Waals surface area contributed by atoms with E-state index in [-0.39, 0.29) is 0 Å². The highest BCUT2D eigenvalue weighted by Crippen LogP contribution is 2.12. The van der Waals surface area contributed by atoms with Crippen molar-refractivity contribution in [3.05, 3.63) is 48.4 Å². The van der Waals surface area contributed by atoms with E-state index >= 15 is 0 Å². The van der Waals surface area contributed by atoms with Gasteiger partial charge in [-0.1, -0.05) is 0 Å². The molecule has 0 fully saturated rings. The van der Waals surface area contributed by atoms with Crippen LogP contribution in [-0.2, 0) is 6.54 Å². The first-order chi connectivity index (χ1) is 7.88. The van der Waals surface area contributed by atoms with Crippen molar-refractivity contribution in [1.82, 2.24) is 9.97 Å². The SMILES string of the molecule is CNc1cc(NCc2ccncc2)ccn1. The van der Waals surface area contributed by atoms with E-state index in [2.05, 4.69) is 20.6 Å². The predicted molar refractivity (Wildman–Crippen MR) is 65.3 cm³/mol. The molecule has 0 unspecified atom stereocenters. The van der Waals surface area contributed by atoms with Crippen LogP contribution in [0.2, 0.25) is 0 Å². The first-order valence-corrected chi connectivity index (χ1v) is 5.15. The van der Waals surface area contributed by atoms with Gasteiger partial charge < -0.3 is 10.6 Å². The lowest BCUT2D eigenvalue weighted by Gasteiger charge is -2.07. The summed E-state index contributed by atoms with van der Waals surface area (Å²) in [5.41, 5.74) is 2.26. The highest BCUT2D eigenvalue weighted by Gasteiger charge is 1.95. The summed E-state index contributed by atoms with van der Waals surface area (Å²) in [4.78, 5) is 8.13. The first kappa shape index (κ1) is 10.4. The molecule has 0 aliphatic carbocycles. The van der Waals surface area contributed by atoms with E-state index in [1.165, 1.54) is 5.56 Å². The maximum absolute atomic E-state index is 4.15. The highest BCUT2D eigenvalue weighted by atomic mass is 15.0. The van der Waals surface area contributed by atoms with Crippen LogP contribution in [-0.4, -0.2) is 17.0 Å². The van der Waals surface area contributed by atoms with Gasteiger partial charge >= 0.3 is 0 Å². The summed E-state index contributed by atoms with van der Waals surface area (Å²) in [5.74, 6) is 0.861. The van der Waals surface area contributed by atoms with Gasteiger partial charge in [0.2, 0.25) is 0 Å². The largest absolute Gasteiger partial charge is 0.381 e. The van der Waals surface area contributed by atoms with Crippen LogP contribution in [0.5, 0.6) is 0 Å². The van der Waals surface area contributed by atoms with Crippen LogP contribution in [0.3, 0.4) is 0 Å². The Labute approximate surface area is 94.8 Å². The Kier molecular flexibility index (Phi) is 3.33. The van der Waals surface area contributed by atoms with Crippen molar-refractivity contribution < 1.29 is 0 Å². The summed E-state index contributed by atoms with van der Waals surface area (Å²) in [7, 11) is 1.86. The number of hydrogen-bond donors (Lipinski definition) is 2. The van der Waals surface area contributed by atoms with Crippen LogP contribution in [0.1, 0.15) is 5.56 Å². The van der Waals surface area contributed by atoms with Gasteiger partial charge in [-0.3, -0.25) is 4.98 Å². The second kappa shape index (κ2) is 5.11.